The summed E-state index contributed by atoms with van der Waals surface area (Å²) in [6, 6.07) is 0. The Hall–Kier alpha value is -1.82. The second kappa shape index (κ2) is 5.05. The summed E-state index contributed by atoms with van der Waals surface area (Å²) in [7, 11) is 0. The Labute approximate surface area is 110 Å². The van der Waals surface area contributed by atoms with Gasteiger partial charge in [-0.3, -0.25) is 0 Å². The van der Waals surface area contributed by atoms with Crippen LogP contribution >= 0.6 is 0 Å². The second-order valence-corrected chi connectivity index (χ2v) is 4.69. The van der Waals surface area contributed by atoms with Crippen LogP contribution in [0.15, 0.2) is 0 Å². The fourth-order valence-electron chi connectivity index (χ4n) is 2.37. The lowest BCUT2D eigenvalue weighted by Gasteiger charge is -2.08. The maximum absolute atomic E-state index is 12.0. The third-order valence-corrected chi connectivity index (χ3v) is 3.25. The number of ether oxygens (including phenoxy) is 2. The predicted octanol–water partition coefficient (Wildman–Crippen LogP) is 1.16. The number of H-pyrrole nitrogens is 1. The first kappa shape index (κ1) is 13.6. The van der Waals surface area contributed by atoms with Gasteiger partial charge in [0.15, 0.2) is 0 Å². The molecule has 2 N–H and O–H groups in total. The zero-order chi connectivity index (χ0) is 14.2. The smallest absolute Gasteiger partial charge is 0.355 e. The van der Waals surface area contributed by atoms with Gasteiger partial charge >= 0.3 is 11.9 Å². The van der Waals surface area contributed by atoms with Gasteiger partial charge in [-0.25, -0.2) is 9.59 Å². The Morgan fingerprint density at radius 2 is 2.21 bits per heavy atom. The van der Waals surface area contributed by atoms with Crippen molar-refractivity contribution in [2.45, 2.75) is 39.4 Å². The van der Waals surface area contributed by atoms with E-state index < -0.39 is 24.1 Å². The summed E-state index contributed by atoms with van der Waals surface area (Å²) in [5.74, 6) is -1.11. The van der Waals surface area contributed by atoms with E-state index in [2.05, 4.69) is 4.98 Å². The first-order valence-electron chi connectivity index (χ1n) is 6.16. The van der Waals surface area contributed by atoms with Gasteiger partial charge < -0.3 is 19.6 Å². The lowest BCUT2D eigenvalue weighted by atomic mass is 10.1. The van der Waals surface area contributed by atoms with Crippen LogP contribution in [0.25, 0.3) is 0 Å². The van der Waals surface area contributed by atoms with Crippen LogP contribution in [0.5, 0.6) is 0 Å². The number of carbonyl (C=O) groups is 2. The van der Waals surface area contributed by atoms with Crippen molar-refractivity contribution in [2.75, 3.05) is 6.61 Å². The van der Waals surface area contributed by atoms with E-state index >= 15 is 0 Å². The number of esters is 2. The summed E-state index contributed by atoms with van der Waals surface area (Å²) in [5, 5.41) is 9.66. The van der Waals surface area contributed by atoms with Crippen LogP contribution in [0.1, 0.15) is 46.8 Å². The minimum absolute atomic E-state index is 0.271. The molecule has 0 radical (unpaired) electrons. The minimum atomic E-state index is -0.828. The maximum atomic E-state index is 12.0. The third kappa shape index (κ3) is 2.49. The number of aryl methyl sites for hydroxylation is 1. The van der Waals surface area contributed by atoms with E-state index in [1.54, 1.807) is 20.8 Å². The topological polar surface area (TPSA) is 88.6 Å². The number of rotatable bonds is 3. The molecule has 1 aromatic rings. The van der Waals surface area contributed by atoms with E-state index in [4.69, 9.17) is 9.47 Å². The van der Waals surface area contributed by atoms with Crippen LogP contribution in [0, 0.1) is 13.8 Å². The molecule has 2 heterocycles. The van der Waals surface area contributed by atoms with E-state index in [-0.39, 0.29) is 12.3 Å². The van der Waals surface area contributed by atoms with Gasteiger partial charge in [-0.2, -0.15) is 0 Å². The van der Waals surface area contributed by atoms with Gasteiger partial charge in [-0.1, -0.05) is 0 Å². The fraction of sp³-hybridized carbons (Fsp3) is 0.538. The first-order chi connectivity index (χ1) is 8.91. The van der Waals surface area contributed by atoms with Crippen molar-refractivity contribution in [1.29, 1.82) is 0 Å². The van der Waals surface area contributed by atoms with Crippen LogP contribution in [0.2, 0.25) is 0 Å². The molecule has 1 aliphatic heterocycles. The summed E-state index contributed by atoms with van der Waals surface area (Å²) in [4.78, 5) is 26.2. The molecule has 0 aromatic carbocycles. The summed E-state index contributed by atoms with van der Waals surface area (Å²) in [5.41, 5.74) is 2.31. The van der Waals surface area contributed by atoms with Gasteiger partial charge in [-0.05, 0) is 26.3 Å². The molecule has 1 fully saturated rings. The molecular formula is C13H17NO5. The van der Waals surface area contributed by atoms with Gasteiger partial charge in [0.2, 0.25) is 6.10 Å². The average molecular weight is 267 g/mol. The molecule has 2 atom stereocenters. The largest absolute Gasteiger partial charge is 0.463 e. The van der Waals surface area contributed by atoms with Crippen molar-refractivity contribution in [2.24, 2.45) is 0 Å². The van der Waals surface area contributed by atoms with Crippen LogP contribution in [0.4, 0.5) is 0 Å². The van der Waals surface area contributed by atoms with Crippen molar-refractivity contribution in [1.82, 2.24) is 4.98 Å². The van der Waals surface area contributed by atoms with Crippen LogP contribution in [0.3, 0.4) is 0 Å². The molecule has 0 bridgehead atoms. The van der Waals surface area contributed by atoms with E-state index in [0.29, 0.717) is 23.2 Å². The summed E-state index contributed by atoms with van der Waals surface area (Å²) < 4.78 is 9.85. The second-order valence-electron chi connectivity index (χ2n) is 4.69. The molecule has 19 heavy (non-hydrogen) atoms. The first-order valence-corrected chi connectivity index (χ1v) is 6.16. The summed E-state index contributed by atoms with van der Waals surface area (Å²) in [6.45, 7) is 5.41. The highest BCUT2D eigenvalue weighted by Crippen LogP contribution is 2.25. The quantitative estimate of drug-likeness (QED) is 0.802. The van der Waals surface area contributed by atoms with Gasteiger partial charge in [0.1, 0.15) is 5.69 Å². The number of nitrogens with one attached hydrogen (secondary N) is 1. The molecule has 2 rings (SSSR count). The standard InChI is InChI=1S/C13H17NO5/c1-6-10(8(3)15)7(2)14-11(6)13(17)19-9-4-5-18-12(9)16/h8-9,14-15H,4-5H2,1-3H3/t8-,9-/m0/s1. The number of aliphatic hydroxyl groups excluding tert-OH is 1. The molecule has 0 aliphatic carbocycles. The number of hydrogen-bond acceptors (Lipinski definition) is 5. The van der Waals surface area contributed by atoms with E-state index in [1.165, 1.54) is 0 Å². The Kier molecular flexibility index (Phi) is 3.61. The van der Waals surface area contributed by atoms with Crippen molar-refractivity contribution in [3.63, 3.8) is 0 Å². The predicted molar refractivity (Wildman–Crippen MR) is 65.7 cm³/mol. The molecule has 0 saturated carbocycles. The number of aliphatic hydroxyl groups is 1. The SMILES string of the molecule is Cc1[nH]c(C(=O)O[C@H]2CCOC2=O)c(C)c1[C@H](C)O. The number of carbonyl (C=O) groups excluding carboxylic acids is 2. The third-order valence-electron chi connectivity index (χ3n) is 3.25. The molecule has 6 nitrogen and oxygen atoms in total. The van der Waals surface area contributed by atoms with Gasteiger partial charge in [0, 0.05) is 17.7 Å². The molecular weight excluding hydrogens is 250 g/mol. The highest BCUT2D eigenvalue weighted by Gasteiger charge is 2.32. The number of hydrogen-bond donors (Lipinski definition) is 2. The normalized spacial score (nSPS) is 20.2. The molecule has 104 valence electrons. The lowest BCUT2D eigenvalue weighted by Crippen LogP contribution is -2.23. The zero-order valence-corrected chi connectivity index (χ0v) is 11.1. The minimum Gasteiger partial charge on any atom is -0.463 e. The molecule has 0 spiro atoms. The van der Waals surface area contributed by atoms with Crippen LogP contribution < -0.4 is 0 Å². The van der Waals surface area contributed by atoms with Crippen LogP contribution in [-0.2, 0) is 14.3 Å². The molecule has 1 saturated heterocycles. The van der Waals surface area contributed by atoms with E-state index in [0.717, 1.165) is 0 Å². The number of cyclic esters (lactones) is 1. The Morgan fingerprint density at radius 1 is 1.53 bits per heavy atom. The van der Waals surface area contributed by atoms with Gasteiger partial charge in [0.05, 0.1) is 12.7 Å². The monoisotopic (exact) mass is 267 g/mol. The molecule has 6 heteroatoms. The van der Waals surface area contributed by atoms with Gasteiger partial charge in [0.25, 0.3) is 0 Å². The van der Waals surface area contributed by atoms with Crippen molar-refractivity contribution in [3.8, 4) is 0 Å². The number of aromatic amines is 1. The van der Waals surface area contributed by atoms with Crippen molar-refractivity contribution < 1.29 is 24.2 Å². The average Bonchev–Trinajstić information content (AvgIpc) is 2.83. The molecule has 0 amide bonds. The van der Waals surface area contributed by atoms with Crippen molar-refractivity contribution in [3.05, 3.63) is 22.5 Å². The Bertz CT molecular complexity index is 517. The maximum Gasteiger partial charge on any atom is 0.355 e. The molecule has 1 aromatic heterocycles. The summed E-state index contributed by atoms with van der Waals surface area (Å²) >= 11 is 0. The number of aromatic nitrogens is 1. The van der Waals surface area contributed by atoms with Crippen molar-refractivity contribution >= 4 is 11.9 Å². The highest BCUT2D eigenvalue weighted by atomic mass is 16.6. The van der Waals surface area contributed by atoms with Gasteiger partial charge in [-0.15, -0.1) is 0 Å². The molecule has 0 unspecified atom stereocenters. The highest BCUT2D eigenvalue weighted by molar-refractivity contribution is 5.92. The van der Waals surface area contributed by atoms with E-state index in [9.17, 15) is 14.7 Å². The summed E-state index contributed by atoms with van der Waals surface area (Å²) in [6.07, 6.45) is -1.12. The van der Waals surface area contributed by atoms with E-state index in [1.807, 2.05) is 0 Å². The molecule has 1 aliphatic rings. The Balaban J connectivity index is 2.20. The Morgan fingerprint density at radius 3 is 2.68 bits per heavy atom. The zero-order valence-electron chi connectivity index (χ0n) is 11.1. The lowest BCUT2D eigenvalue weighted by molar-refractivity contribution is -0.145. The fourth-order valence-corrected chi connectivity index (χ4v) is 2.37. The van der Waals surface area contributed by atoms with Crippen LogP contribution in [-0.4, -0.2) is 34.7 Å².